The van der Waals surface area contributed by atoms with Crippen molar-refractivity contribution >= 4 is 41.6 Å². The van der Waals surface area contributed by atoms with E-state index in [2.05, 4.69) is 15.9 Å². The van der Waals surface area contributed by atoms with Crippen LogP contribution in [0.3, 0.4) is 0 Å². The highest BCUT2D eigenvalue weighted by atomic mass is 79.9. The Morgan fingerprint density at radius 2 is 2.05 bits per heavy atom. The van der Waals surface area contributed by atoms with E-state index in [1.54, 1.807) is 0 Å². The van der Waals surface area contributed by atoms with Crippen molar-refractivity contribution in [2.24, 2.45) is 5.92 Å². The first kappa shape index (κ1) is 18.4. The SMILES string of the molecule is CC(C)CCCOC(=O)c1cc(F)cc(S(=O)(=O)Cl)c1Br. The minimum Gasteiger partial charge on any atom is -0.462 e. The molecule has 8 heteroatoms. The summed E-state index contributed by atoms with van der Waals surface area (Å²) in [5.74, 6) is -1.20. The largest absolute Gasteiger partial charge is 0.462 e. The number of benzene rings is 1. The molecule has 0 N–H and O–H groups in total. The van der Waals surface area contributed by atoms with Crippen LogP contribution in [0.5, 0.6) is 0 Å². The molecule has 0 aliphatic heterocycles. The molecule has 0 aromatic heterocycles. The molecule has 0 saturated carbocycles. The monoisotopic (exact) mass is 400 g/mol. The highest BCUT2D eigenvalue weighted by Gasteiger charge is 2.23. The van der Waals surface area contributed by atoms with Gasteiger partial charge in [-0.2, -0.15) is 0 Å². The molecule has 118 valence electrons. The van der Waals surface area contributed by atoms with Crippen molar-refractivity contribution in [3.05, 3.63) is 28.0 Å². The van der Waals surface area contributed by atoms with Crippen LogP contribution < -0.4 is 0 Å². The van der Waals surface area contributed by atoms with E-state index in [0.29, 0.717) is 12.3 Å². The highest BCUT2D eigenvalue weighted by Crippen LogP contribution is 2.30. The van der Waals surface area contributed by atoms with Gasteiger partial charge in [0.1, 0.15) is 10.7 Å². The highest BCUT2D eigenvalue weighted by molar-refractivity contribution is 9.10. The first-order chi connectivity index (χ1) is 9.62. The van der Waals surface area contributed by atoms with Gasteiger partial charge in [-0.1, -0.05) is 13.8 Å². The first-order valence-electron chi connectivity index (χ1n) is 6.23. The standard InChI is InChI=1S/C13H15BrClFO4S/c1-8(2)4-3-5-20-13(17)10-6-9(16)7-11(12(10)14)21(15,18)19/h6-8H,3-5H2,1-2H3. The van der Waals surface area contributed by atoms with E-state index in [-0.39, 0.29) is 16.6 Å². The molecule has 1 aromatic rings. The van der Waals surface area contributed by atoms with Crippen molar-refractivity contribution in [1.29, 1.82) is 0 Å². The maximum absolute atomic E-state index is 13.4. The third-order valence-corrected chi connectivity index (χ3v) is 5.11. The van der Waals surface area contributed by atoms with E-state index >= 15 is 0 Å². The van der Waals surface area contributed by atoms with Crippen LogP contribution in [0.25, 0.3) is 0 Å². The molecule has 1 rings (SSSR count). The normalized spacial score (nSPS) is 11.7. The number of hydrogen-bond acceptors (Lipinski definition) is 4. The van der Waals surface area contributed by atoms with Crippen LogP contribution >= 0.6 is 26.6 Å². The van der Waals surface area contributed by atoms with E-state index in [0.717, 1.165) is 18.6 Å². The van der Waals surface area contributed by atoms with Gasteiger partial charge < -0.3 is 4.74 Å². The quantitative estimate of drug-likeness (QED) is 0.409. The minimum atomic E-state index is -4.17. The third kappa shape index (κ3) is 5.56. The number of esters is 1. The molecule has 0 spiro atoms. The lowest BCUT2D eigenvalue weighted by Crippen LogP contribution is -2.10. The number of rotatable bonds is 6. The maximum Gasteiger partial charge on any atom is 0.339 e. The Kier molecular flexibility index (Phi) is 6.62. The Bertz CT molecular complexity index is 631. The summed E-state index contributed by atoms with van der Waals surface area (Å²) in [7, 11) is 1.03. The molecular formula is C13H15BrClFO4S. The molecule has 0 radical (unpaired) electrons. The van der Waals surface area contributed by atoms with Crippen molar-refractivity contribution in [3.63, 3.8) is 0 Å². The van der Waals surface area contributed by atoms with Crippen molar-refractivity contribution in [2.45, 2.75) is 31.6 Å². The number of ether oxygens (including phenoxy) is 1. The van der Waals surface area contributed by atoms with Crippen LogP contribution in [0.4, 0.5) is 4.39 Å². The van der Waals surface area contributed by atoms with E-state index in [1.165, 1.54) is 0 Å². The molecular weight excluding hydrogens is 387 g/mol. The van der Waals surface area contributed by atoms with Gasteiger partial charge in [0.15, 0.2) is 0 Å². The molecule has 0 saturated heterocycles. The lowest BCUT2D eigenvalue weighted by Gasteiger charge is -2.09. The fraction of sp³-hybridized carbons (Fsp3) is 0.462. The van der Waals surface area contributed by atoms with Gasteiger partial charge in [-0.25, -0.2) is 17.6 Å². The summed E-state index contributed by atoms with van der Waals surface area (Å²) >= 11 is 2.95. The summed E-state index contributed by atoms with van der Waals surface area (Å²) in [5.41, 5.74) is -0.209. The van der Waals surface area contributed by atoms with Crippen molar-refractivity contribution in [3.8, 4) is 0 Å². The number of carbonyl (C=O) groups excluding carboxylic acids is 1. The zero-order valence-corrected chi connectivity index (χ0v) is 14.7. The van der Waals surface area contributed by atoms with E-state index < -0.39 is 25.7 Å². The van der Waals surface area contributed by atoms with Gasteiger partial charge >= 0.3 is 5.97 Å². The lowest BCUT2D eigenvalue weighted by atomic mass is 10.1. The van der Waals surface area contributed by atoms with Gasteiger partial charge in [0.05, 0.1) is 16.6 Å². The molecule has 0 aliphatic rings. The van der Waals surface area contributed by atoms with Crippen LogP contribution in [0, 0.1) is 11.7 Å². The molecule has 0 aliphatic carbocycles. The molecule has 0 heterocycles. The Hall–Kier alpha value is -0.660. The van der Waals surface area contributed by atoms with Crippen LogP contribution in [0.2, 0.25) is 0 Å². The summed E-state index contributed by atoms with van der Waals surface area (Å²) in [4.78, 5) is 11.4. The molecule has 4 nitrogen and oxygen atoms in total. The average Bonchev–Trinajstić information content (AvgIpc) is 2.35. The predicted molar refractivity (Wildman–Crippen MR) is 81.5 cm³/mol. The zero-order valence-electron chi connectivity index (χ0n) is 11.5. The molecule has 1 aromatic carbocycles. The van der Waals surface area contributed by atoms with Gasteiger partial charge in [0.2, 0.25) is 0 Å². The van der Waals surface area contributed by atoms with Gasteiger partial charge in [0, 0.05) is 10.7 Å². The number of carbonyl (C=O) groups is 1. The van der Waals surface area contributed by atoms with E-state index in [4.69, 9.17) is 15.4 Å². The van der Waals surface area contributed by atoms with E-state index in [1.807, 2.05) is 13.8 Å². The summed E-state index contributed by atoms with van der Waals surface area (Å²) in [6.07, 6.45) is 1.57. The Morgan fingerprint density at radius 3 is 2.57 bits per heavy atom. The molecule has 0 amide bonds. The summed E-state index contributed by atoms with van der Waals surface area (Å²) in [6, 6.07) is 1.64. The third-order valence-electron chi connectivity index (χ3n) is 2.65. The second kappa shape index (κ2) is 7.56. The van der Waals surface area contributed by atoms with Crippen molar-refractivity contribution in [1.82, 2.24) is 0 Å². The molecule has 0 unspecified atom stereocenters. The smallest absolute Gasteiger partial charge is 0.339 e. The average molecular weight is 402 g/mol. The van der Waals surface area contributed by atoms with Gasteiger partial charge in [0.25, 0.3) is 9.05 Å². The molecule has 0 bridgehead atoms. The summed E-state index contributed by atoms with van der Waals surface area (Å²) in [5, 5.41) is 0. The first-order valence-corrected chi connectivity index (χ1v) is 9.34. The summed E-state index contributed by atoms with van der Waals surface area (Å²) in [6.45, 7) is 4.27. The minimum absolute atomic E-state index is 0.104. The molecule has 0 fully saturated rings. The van der Waals surface area contributed by atoms with Crippen molar-refractivity contribution < 1.29 is 22.3 Å². The topological polar surface area (TPSA) is 60.4 Å². The Morgan fingerprint density at radius 1 is 1.43 bits per heavy atom. The second-order valence-electron chi connectivity index (χ2n) is 4.88. The molecule has 21 heavy (non-hydrogen) atoms. The Balaban J connectivity index is 2.93. The van der Waals surface area contributed by atoms with Crippen LogP contribution in [-0.4, -0.2) is 21.0 Å². The second-order valence-corrected chi connectivity index (χ2v) is 8.20. The maximum atomic E-state index is 13.4. The zero-order chi connectivity index (χ0) is 16.2. The van der Waals surface area contributed by atoms with Gasteiger partial charge in [-0.15, -0.1) is 0 Å². The van der Waals surface area contributed by atoms with Crippen LogP contribution in [-0.2, 0) is 13.8 Å². The van der Waals surface area contributed by atoms with E-state index in [9.17, 15) is 17.6 Å². The number of halogens is 3. The fourth-order valence-electron chi connectivity index (χ4n) is 1.62. The molecule has 0 atom stereocenters. The Labute approximate surface area is 136 Å². The van der Waals surface area contributed by atoms with Gasteiger partial charge in [-0.05, 0) is 46.8 Å². The lowest BCUT2D eigenvalue weighted by molar-refractivity contribution is 0.0492. The van der Waals surface area contributed by atoms with Gasteiger partial charge in [-0.3, -0.25) is 0 Å². The fourth-order valence-corrected chi connectivity index (χ4v) is 3.88. The summed E-state index contributed by atoms with van der Waals surface area (Å²) < 4.78 is 41.0. The van der Waals surface area contributed by atoms with Crippen LogP contribution in [0.1, 0.15) is 37.0 Å². The predicted octanol–water partition coefficient (Wildman–Crippen LogP) is 4.11. The van der Waals surface area contributed by atoms with Crippen molar-refractivity contribution in [2.75, 3.05) is 6.61 Å². The number of hydrogen-bond donors (Lipinski definition) is 0. The van der Waals surface area contributed by atoms with Crippen LogP contribution in [0.15, 0.2) is 21.5 Å².